The van der Waals surface area contributed by atoms with Crippen LogP contribution in [0.25, 0.3) is 0 Å². The highest BCUT2D eigenvalue weighted by Crippen LogP contribution is 2.39. The molecule has 8 nitrogen and oxygen atoms in total. The average Bonchev–Trinajstić information content (AvgIpc) is 2.72. The van der Waals surface area contributed by atoms with Gasteiger partial charge in [0.25, 0.3) is 5.91 Å². The van der Waals surface area contributed by atoms with Crippen LogP contribution in [0.3, 0.4) is 0 Å². The number of methoxy groups -OCH3 is 3. The predicted molar refractivity (Wildman–Crippen MR) is 114 cm³/mol. The van der Waals surface area contributed by atoms with Gasteiger partial charge in [-0.05, 0) is 49.2 Å². The molecule has 0 aliphatic heterocycles. The first-order valence-corrected chi connectivity index (χ1v) is 10.9. The molecule has 2 N–H and O–H groups in total. The van der Waals surface area contributed by atoms with E-state index < -0.39 is 16.1 Å². The molecule has 0 aliphatic carbocycles. The fourth-order valence-corrected chi connectivity index (χ4v) is 4.06. The van der Waals surface area contributed by atoms with E-state index in [4.69, 9.17) is 14.2 Å². The Kier molecular flexibility index (Phi) is 7.69. The van der Waals surface area contributed by atoms with Crippen LogP contribution in [0.1, 0.15) is 41.4 Å². The number of rotatable bonds is 9. The number of benzene rings is 2. The van der Waals surface area contributed by atoms with E-state index in [2.05, 4.69) is 10.0 Å². The average molecular weight is 437 g/mol. The van der Waals surface area contributed by atoms with Crippen molar-refractivity contribution in [3.8, 4) is 17.2 Å². The summed E-state index contributed by atoms with van der Waals surface area (Å²) in [6, 6.07) is 7.58. The van der Waals surface area contributed by atoms with Gasteiger partial charge in [-0.15, -0.1) is 0 Å². The monoisotopic (exact) mass is 436 g/mol. The van der Waals surface area contributed by atoms with Gasteiger partial charge in [-0.1, -0.05) is 13.0 Å². The van der Waals surface area contributed by atoms with Gasteiger partial charge in [0.1, 0.15) is 0 Å². The number of ether oxygens (including phenoxy) is 3. The van der Waals surface area contributed by atoms with Gasteiger partial charge in [-0.25, -0.2) is 13.1 Å². The lowest BCUT2D eigenvalue weighted by molar-refractivity contribution is 0.0939. The number of carbonyl (C=O) groups is 1. The van der Waals surface area contributed by atoms with Crippen molar-refractivity contribution in [3.63, 3.8) is 0 Å². The highest BCUT2D eigenvalue weighted by Gasteiger charge is 2.21. The van der Waals surface area contributed by atoms with Crippen molar-refractivity contribution in [1.82, 2.24) is 10.0 Å². The van der Waals surface area contributed by atoms with Crippen molar-refractivity contribution in [1.29, 1.82) is 0 Å². The quantitative estimate of drug-likeness (QED) is 0.627. The maximum absolute atomic E-state index is 12.9. The summed E-state index contributed by atoms with van der Waals surface area (Å²) >= 11 is 0. The van der Waals surface area contributed by atoms with E-state index in [1.807, 2.05) is 6.92 Å². The van der Waals surface area contributed by atoms with Gasteiger partial charge >= 0.3 is 0 Å². The molecule has 0 bridgehead atoms. The third-order valence-electron chi connectivity index (χ3n) is 4.63. The molecule has 0 saturated carbocycles. The first-order valence-electron chi connectivity index (χ1n) is 9.39. The van der Waals surface area contributed by atoms with Crippen molar-refractivity contribution < 1.29 is 27.4 Å². The summed E-state index contributed by atoms with van der Waals surface area (Å²) in [7, 11) is 0.886. The van der Waals surface area contributed by atoms with Crippen LogP contribution in [0.5, 0.6) is 17.2 Å². The molecule has 0 saturated heterocycles. The maximum atomic E-state index is 12.9. The second-order valence-electron chi connectivity index (χ2n) is 6.63. The van der Waals surface area contributed by atoms with Crippen LogP contribution < -0.4 is 24.2 Å². The van der Waals surface area contributed by atoms with Gasteiger partial charge in [-0.3, -0.25) is 4.79 Å². The fourth-order valence-electron chi connectivity index (χ4n) is 3.00. The Morgan fingerprint density at radius 2 is 1.63 bits per heavy atom. The first kappa shape index (κ1) is 23.5. The lowest BCUT2D eigenvalue weighted by atomic mass is 10.0. The molecule has 1 atom stereocenters. The lowest BCUT2D eigenvalue weighted by Gasteiger charge is -2.19. The number of carbonyl (C=O) groups excluding carboxylic acids is 1. The van der Waals surface area contributed by atoms with Crippen molar-refractivity contribution in [2.75, 3.05) is 27.9 Å². The molecule has 9 heteroatoms. The van der Waals surface area contributed by atoms with Crippen molar-refractivity contribution in [3.05, 3.63) is 47.0 Å². The van der Waals surface area contributed by atoms with Gasteiger partial charge in [0.15, 0.2) is 11.5 Å². The van der Waals surface area contributed by atoms with Crippen molar-refractivity contribution >= 4 is 15.9 Å². The molecular formula is C21H28N2O6S. The number of amides is 1. The van der Waals surface area contributed by atoms with Gasteiger partial charge in [0, 0.05) is 12.1 Å². The summed E-state index contributed by atoms with van der Waals surface area (Å²) in [6.45, 7) is 5.52. The molecule has 0 aliphatic rings. The highest BCUT2D eigenvalue weighted by atomic mass is 32.2. The summed E-state index contributed by atoms with van der Waals surface area (Å²) in [5.74, 6) is 1.02. The zero-order valence-electron chi connectivity index (χ0n) is 18.0. The van der Waals surface area contributed by atoms with Crippen LogP contribution in [0.2, 0.25) is 0 Å². The summed E-state index contributed by atoms with van der Waals surface area (Å²) in [5.41, 5.74) is 1.69. The van der Waals surface area contributed by atoms with Crippen LogP contribution in [-0.2, 0) is 10.0 Å². The number of nitrogens with one attached hydrogen (secondary N) is 2. The Labute approximate surface area is 177 Å². The molecule has 0 fully saturated rings. The van der Waals surface area contributed by atoms with E-state index in [0.717, 1.165) is 5.56 Å². The zero-order chi connectivity index (χ0) is 22.5. The van der Waals surface area contributed by atoms with Crippen LogP contribution in [0, 0.1) is 6.92 Å². The second kappa shape index (κ2) is 9.82. The van der Waals surface area contributed by atoms with Crippen molar-refractivity contribution in [2.24, 2.45) is 0 Å². The second-order valence-corrected chi connectivity index (χ2v) is 8.40. The van der Waals surface area contributed by atoms with E-state index in [-0.39, 0.29) is 22.9 Å². The normalized spacial score (nSPS) is 12.2. The molecule has 1 amide bonds. The molecule has 2 aromatic rings. The summed E-state index contributed by atoms with van der Waals surface area (Å²) < 4.78 is 43.0. The molecular weight excluding hydrogens is 408 g/mol. The van der Waals surface area contributed by atoms with Crippen LogP contribution >= 0.6 is 0 Å². The van der Waals surface area contributed by atoms with Gasteiger partial charge < -0.3 is 19.5 Å². The number of sulfonamides is 1. The number of hydrogen-bond acceptors (Lipinski definition) is 6. The molecule has 164 valence electrons. The van der Waals surface area contributed by atoms with E-state index in [1.54, 1.807) is 32.0 Å². The van der Waals surface area contributed by atoms with E-state index in [0.29, 0.717) is 22.8 Å². The molecule has 1 unspecified atom stereocenters. The fraction of sp³-hybridized carbons (Fsp3) is 0.381. The Morgan fingerprint density at radius 1 is 1.03 bits per heavy atom. The molecule has 0 radical (unpaired) electrons. The molecule has 0 aromatic heterocycles. The molecule has 2 aromatic carbocycles. The van der Waals surface area contributed by atoms with E-state index in [1.165, 1.54) is 33.5 Å². The minimum atomic E-state index is -3.67. The Hall–Kier alpha value is -2.78. The van der Waals surface area contributed by atoms with Crippen LogP contribution in [0.15, 0.2) is 35.2 Å². The maximum Gasteiger partial charge on any atom is 0.252 e. The Bertz CT molecular complexity index is 995. The van der Waals surface area contributed by atoms with Gasteiger partial charge in [0.05, 0.1) is 32.3 Å². The third kappa shape index (κ3) is 5.03. The molecule has 0 heterocycles. The standard InChI is InChI=1S/C21H28N2O6S/c1-7-22-30(25,26)16-9-8-13(2)17(12-16)21(24)23-14(3)15-10-18(27-4)20(29-6)19(11-15)28-5/h8-12,14,22H,7H2,1-6H3,(H,23,24). The molecule has 0 spiro atoms. The number of aryl methyl sites for hydroxylation is 1. The zero-order valence-corrected chi connectivity index (χ0v) is 18.8. The van der Waals surface area contributed by atoms with E-state index >= 15 is 0 Å². The van der Waals surface area contributed by atoms with Gasteiger partial charge in [-0.2, -0.15) is 0 Å². The Balaban J connectivity index is 2.34. The Morgan fingerprint density at radius 3 is 2.13 bits per heavy atom. The SMILES string of the molecule is CCNS(=O)(=O)c1ccc(C)c(C(=O)NC(C)c2cc(OC)c(OC)c(OC)c2)c1. The largest absolute Gasteiger partial charge is 0.493 e. The van der Waals surface area contributed by atoms with Crippen LogP contribution in [-0.4, -0.2) is 42.2 Å². The minimum absolute atomic E-state index is 0.0422. The molecule has 30 heavy (non-hydrogen) atoms. The van der Waals surface area contributed by atoms with Crippen molar-refractivity contribution in [2.45, 2.75) is 31.7 Å². The lowest BCUT2D eigenvalue weighted by Crippen LogP contribution is -2.28. The summed E-state index contributed by atoms with van der Waals surface area (Å²) in [6.07, 6.45) is 0. The topological polar surface area (TPSA) is 103 Å². The molecule has 2 rings (SSSR count). The first-order chi connectivity index (χ1) is 14.2. The van der Waals surface area contributed by atoms with E-state index in [9.17, 15) is 13.2 Å². The highest BCUT2D eigenvalue weighted by molar-refractivity contribution is 7.89. The summed E-state index contributed by atoms with van der Waals surface area (Å²) in [5, 5.41) is 2.90. The smallest absolute Gasteiger partial charge is 0.252 e. The third-order valence-corrected chi connectivity index (χ3v) is 6.18. The van der Waals surface area contributed by atoms with Crippen LogP contribution in [0.4, 0.5) is 0 Å². The minimum Gasteiger partial charge on any atom is -0.493 e. The summed E-state index contributed by atoms with van der Waals surface area (Å²) in [4.78, 5) is 12.9. The predicted octanol–water partition coefficient (Wildman–Crippen LogP) is 2.81. The number of hydrogen-bond donors (Lipinski definition) is 2. The van der Waals surface area contributed by atoms with Gasteiger partial charge in [0.2, 0.25) is 15.8 Å².